The fourth-order valence-corrected chi connectivity index (χ4v) is 3.21. The molecule has 1 aliphatic heterocycles. The smallest absolute Gasteiger partial charge is 0.252 e. The zero-order chi connectivity index (χ0) is 21.0. The molecule has 2 aromatic heterocycles. The summed E-state index contributed by atoms with van der Waals surface area (Å²) in [6.07, 6.45) is 8.19. The van der Waals surface area contributed by atoms with Crippen molar-refractivity contribution < 1.29 is 9.47 Å². The summed E-state index contributed by atoms with van der Waals surface area (Å²) in [6.45, 7) is 8.10. The van der Waals surface area contributed by atoms with Gasteiger partial charge in [-0.2, -0.15) is 9.78 Å². The first-order chi connectivity index (χ1) is 14.5. The number of fused-ring (bicyclic) bond motifs is 1. The number of hydrogen-bond acceptors (Lipinski definition) is 7. The van der Waals surface area contributed by atoms with Gasteiger partial charge in [-0.15, -0.1) is 0 Å². The highest BCUT2D eigenvalue weighted by Crippen LogP contribution is 2.30. The van der Waals surface area contributed by atoms with E-state index in [1.54, 1.807) is 11.0 Å². The summed E-state index contributed by atoms with van der Waals surface area (Å²) in [6, 6.07) is 8.09. The maximum absolute atomic E-state index is 5.65. The second-order valence-electron chi connectivity index (χ2n) is 7.69. The van der Waals surface area contributed by atoms with E-state index < -0.39 is 0 Å². The van der Waals surface area contributed by atoms with Crippen LogP contribution in [0.1, 0.15) is 30.8 Å². The van der Waals surface area contributed by atoms with Crippen LogP contribution < -0.4 is 14.8 Å². The number of rotatable bonds is 7. The molecule has 0 spiro atoms. The molecule has 0 bridgehead atoms. The number of benzene rings is 1. The van der Waals surface area contributed by atoms with Gasteiger partial charge in [0.1, 0.15) is 25.9 Å². The fraction of sp³-hybridized carbons (Fsp3) is 0.364. The van der Waals surface area contributed by atoms with E-state index >= 15 is 0 Å². The fourth-order valence-electron chi connectivity index (χ4n) is 3.21. The molecule has 0 radical (unpaired) electrons. The number of ether oxygens (including phenoxy) is 2. The Kier molecular flexibility index (Phi) is 5.76. The molecule has 0 unspecified atom stereocenters. The van der Waals surface area contributed by atoms with Gasteiger partial charge in [0, 0.05) is 12.2 Å². The topological polar surface area (TPSA) is 87.0 Å². The van der Waals surface area contributed by atoms with Crippen molar-refractivity contribution in [3.05, 3.63) is 66.0 Å². The average molecular weight is 406 g/mol. The Hall–Kier alpha value is -3.26. The number of nitrogens with one attached hydrogen (secondary N) is 1. The van der Waals surface area contributed by atoms with Crippen molar-refractivity contribution in [3.8, 4) is 17.4 Å². The molecule has 8 heteroatoms. The average Bonchev–Trinajstić information content (AvgIpc) is 3.28. The summed E-state index contributed by atoms with van der Waals surface area (Å²) in [5, 5.41) is 7.67. The number of hydrogen-bond donors (Lipinski definition) is 1. The van der Waals surface area contributed by atoms with Crippen molar-refractivity contribution in [2.24, 2.45) is 0 Å². The molecule has 156 valence electrons. The van der Waals surface area contributed by atoms with E-state index in [4.69, 9.17) is 9.47 Å². The third kappa shape index (κ3) is 4.65. The molecule has 0 atom stereocenters. The van der Waals surface area contributed by atoms with Gasteiger partial charge in [-0.25, -0.2) is 15.0 Å². The number of nitrogens with zero attached hydrogens (tertiary/aromatic N) is 5. The largest absolute Gasteiger partial charge is 0.486 e. The van der Waals surface area contributed by atoms with E-state index in [2.05, 4.69) is 57.4 Å². The van der Waals surface area contributed by atoms with Crippen LogP contribution in [0, 0.1) is 6.92 Å². The third-order valence-corrected chi connectivity index (χ3v) is 4.90. The summed E-state index contributed by atoms with van der Waals surface area (Å²) in [5.41, 5.74) is 2.65. The van der Waals surface area contributed by atoms with Crippen LogP contribution in [-0.4, -0.2) is 44.5 Å². The van der Waals surface area contributed by atoms with E-state index in [0.717, 1.165) is 35.9 Å². The number of aryl methyl sites for hydroxylation is 1. The lowest BCUT2D eigenvalue weighted by Crippen LogP contribution is -2.37. The Morgan fingerprint density at radius 3 is 2.73 bits per heavy atom. The second-order valence-corrected chi connectivity index (χ2v) is 7.69. The Bertz CT molecular complexity index is 1030. The molecule has 1 N–H and O–H groups in total. The lowest BCUT2D eigenvalue weighted by atomic mass is 9.99. The van der Waals surface area contributed by atoms with Crippen LogP contribution in [0.15, 0.2) is 49.1 Å². The van der Waals surface area contributed by atoms with Gasteiger partial charge in [-0.3, -0.25) is 0 Å². The van der Waals surface area contributed by atoms with E-state index in [9.17, 15) is 0 Å². The molecule has 0 aliphatic carbocycles. The summed E-state index contributed by atoms with van der Waals surface area (Å²) < 4.78 is 12.8. The summed E-state index contributed by atoms with van der Waals surface area (Å²) in [7, 11) is 0. The molecule has 0 saturated carbocycles. The van der Waals surface area contributed by atoms with E-state index in [-0.39, 0.29) is 5.54 Å². The number of aromatic nitrogens is 5. The summed E-state index contributed by atoms with van der Waals surface area (Å²) >= 11 is 0. The van der Waals surface area contributed by atoms with Crippen molar-refractivity contribution in [1.82, 2.24) is 30.0 Å². The van der Waals surface area contributed by atoms with Gasteiger partial charge < -0.3 is 14.8 Å². The molecule has 0 amide bonds. The highest BCUT2D eigenvalue weighted by molar-refractivity contribution is 5.44. The van der Waals surface area contributed by atoms with Gasteiger partial charge in [-0.1, -0.05) is 18.2 Å². The summed E-state index contributed by atoms with van der Waals surface area (Å²) in [5.74, 6) is 2.17. The van der Waals surface area contributed by atoms with Crippen LogP contribution in [0.3, 0.4) is 0 Å². The van der Waals surface area contributed by atoms with Crippen molar-refractivity contribution in [1.29, 1.82) is 0 Å². The zero-order valence-electron chi connectivity index (χ0n) is 17.5. The number of allylic oxidation sites excluding steroid dienone is 1. The van der Waals surface area contributed by atoms with Crippen molar-refractivity contribution >= 4 is 0 Å². The minimum atomic E-state index is -0.329. The molecule has 0 fully saturated rings. The van der Waals surface area contributed by atoms with Crippen molar-refractivity contribution in [2.75, 3.05) is 19.8 Å². The molecule has 1 aromatic carbocycles. The van der Waals surface area contributed by atoms with Crippen LogP contribution >= 0.6 is 0 Å². The Balaban J connectivity index is 1.36. The van der Waals surface area contributed by atoms with Crippen LogP contribution in [0.25, 0.3) is 5.95 Å². The van der Waals surface area contributed by atoms with Crippen LogP contribution in [-0.2, 0) is 12.0 Å². The van der Waals surface area contributed by atoms with Crippen LogP contribution in [0.5, 0.6) is 11.5 Å². The normalized spacial score (nSPS) is 13.7. The monoisotopic (exact) mass is 406 g/mol. The molecule has 3 heterocycles. The minimum Gasteiger partial charge on any atom is -0.486 e. The van der Waals surface area contributed by atoms with Gasteiger partial charge in [0.15, 0.2) is 11.5 Å². The van der Waals surface area contributed by atoms with E-state index in [1.807, 2.05) is 25.1 Å². The van der Waals surface area contributed by atoms with Gasteiger partial charge in [0.05, 0.1) is 11.2 Å². The van der Waals surface area contributed by atoms with E-state index in [1.165, 1.54) is 11.9 Å². The SMILES string of the molecule is Cc1cc(C(C)(C)NC/C=C/Cc2ccc3c(c2)OCCO3)nc(-n2cncn2)n1. The van der Waals surface area contributed by atoms with Gasteiger partial charge in [0.2, 0.25) is 0 Å². The zero-order valence-corrected chi connectivity index (χ0v) is 17.5. The van der Waals surface area contributed by atoms with E-state index in [0.29, 0.717) is 19.2 Å². The Labute approximate surface area is 176 Å². The minimum absolute atomic E-state index is 0.329. The molecular weight excluding hydrogens is 380 g/mol. The summed E-state index contributed by atoms with van der Waals surface area (Å²) in [4.78, 5) is 13.1. The second kappa shape index (κ2) is 8.62. The lowest BCUT2D eigenvalue weighted by molar-refractivity contribution is 0.171. The molecule has 1 aliphatic rings. The Morgan fingerprint density at radius 2 is 1.93 bits per heavy atom. The maximum Gasteiger partial charge on any atom is 0.252 e. The van der Waals surface area contributed by atoms with Crippen molar-refractivity contribution in [2.45, 2.75) is 32.7 Å². The predicted octanol–water partition coefficient (Wildman–Crippen LogP) is 2.76. The van der Waals surface area contributed by atoms with Crippen LogP contribution in [0.2, 0.25) is 0 Å². The first-order valence-electron chi connectivity index (χ1n) is 10.0. The lowest BCUT2D eigenvalue weighted by Gasteiger charge is -2.25. The Morgan fingerprint density at radius 1 is 1.10 bits per heavy atom. The molecule has 3 aromatic rings. The maximum atomic E-state index is 5.65. The standard InChI is InChI=1S/C22H26N6O2/c1-16-12-20(27-21(26-16)28-15-23-14-25-28)22(2,3)24-9-5-4-6-17-7-8-18-19(13-17)30-11-10-29-18/h4-5,7-8,12-15,24H,6,9-11H2,1-3H3/b5-4+. The molecule has 4 rings (SSSR count). The first kappa shape index (κ1) is 20.0. The highest BCUT2D eigenvalue weighted by Gasteiger charge is 2.22. The van der Waals surface area contributed by atoms with Gasteiger partial charge in [-0.05, 0) is 51.0 Å². The van der Waals surface area contributed by atoms with Crippen LogP contribution in [0.4, 0.5) is 0 Å². The molecular formula is C22H26N6O2. The molecule has 30 heavy (non-hydrogen) atoms. The highest BCUT2D eigenvalue weighted by atomic mass is 16.6. The molecule has 8 nitrogen and oxygen atoms in total. The predicted molar refractivity (Wildman–Crippen MR) is 113 cm³/mol. The molecule has 0 saturated heterocycles. The van der Waals surface area contributed by atoms with Gasteiger partial charge >= 0.3 is 0 Å². The quantitative estimate of drug-likeness (QED) is 0.604. The third-order valence-electron chi connectivity index (χ3n) is 4.90. The first-order valence-corrected chi connectivity index (χ1v) is 10.0. The van der Waals surface area contributed by atoms with Crippen molar-refractivity contribution in [3.63, 3.8) is 0 Å². The van der Waals surface area contributed by atoms with Gasteiger partial charge in [0.25, 0.3) is 5.95 Å².